The Morgan fingerprint density at radius 1 is 1.55 bits per heavy atom. The Balaban J connectivity index is 2.10. The highest BCUT2D eigenvalue weighted by molar-refractivity contribution is 7.98. The van der Waals surface area contributed by atoms with Gasteiger partial charge in [0.15, 0.2) is 0 Å². The van der Waals surface area contributed by atoms with Crippen LogP contribution in [-0.4, -0.2) is 24.0 Å². The van der Waals surface area contributed by atoms with Gasteiger partial charge in [0.1, 0.15) is 27.4 Å². The molecular weight excluding hydrogens is 292 g/mol. The number of ether oxygens (including phenoxy) is 1. The number of nitrogens with one attached hydrogen (secondary N) is 1. The average Bonchev–Trinajstić information content (AvgIpc) is 2.89. The van der Waals surface area contributed by atoms with E-state index >= 15 is 0 Å². The van der Waals surface area contributed by atoms with Crippen molar-refractivity contribution in [3.63, 3.8) is 0 Å². The van der Waals surface area contributed by atoms with Crippen molar-refractivity contribution in [1.29, 1.82) is 5.26 Å². The molecule has 2 rings (SSSR count). The van der Waals surface area contributed by atoms with Gasteiger partial charge in [0.25, 0.3) is 0 Å². The maximum Gasteiger partial charge on any atom is 0.148 e. The second-order valence-corrected chi connectivity index (χ2v) is 5.22. The minimum atomic E-state index is 0.533. The number of anilines is 1. The Morgan fingerprint density at radius 3 is 3.10 bits per heavy atom. The summed E-state index contributed by atoms with van der Waals surface area (Å²) in [6, 6.07) is 9.68. The summed E-state index contributed by atoms with van der Waals surface area (Å²) in [6.07, 6.45) is 3.56. The van der Waals surface area contributed by atoms with E-state index in [4.69, 9.17) is 10.00 Å². The van der Waals surface area contributed by atoms with E-state index in [2.05, 4.69) is 21.0 Å². The Bertz CT molecular complexity index is 661. The number of hydrazone groups is 1. The summed E-state index contributed by atoms with van der Waals surface area (Å²) in [4.78, 5) is 0. The van der Waals surface area contributed by atoms with Gasteiger partial charge in [0.2, 0.25) is 0 Å². The van der Waals surface area contributed by atoms with E-state index in [1.165, 1.54) is 23.3 Å². The number of thioether (sulfide) groups is 1. The van der Waals surface area contributed by atoms with Crippen LogP contribution in [0, 0.1) is 11.3 Å². The molecule has 102 valence electrons. The Labute approximate surface area is 125 Å². The van der Waals surface area contributed by atoms with Gasteiger partial charge in [-0.2, -0.15) is 14.7 Å². The van der Waals surface area contributed by atoms with Gasteiger partial charge >= 0.3 is 0 Å². The lowest BCUT2D eigenvalue weighted by Gasteiger charge is -2.00. The Hall–Kier alpha value is -2.04. The molecule has 0 aliphatic heterocycles. The third-order valence-electron chi connectivity index (χ3n) is 2.44. The SMILES string of the molecule is COc1cccc(/C=N/Nc2snc(SC)c2C#N)c1. The van der Waals surface area contributed by atoms with Crippen molar-refractivity contribution in [1.82, 2.24) is 4.37 Å². The van der Waals surface area contributed by atoms with E-state index < -0.39 is 0 Å². The number of benzene rings is 1. The number of nitriles is 1. The second kappa shape index (κ2) is 6.93. The minimum Gasteiger partial charge on any atom is -0.497 e. The highest BCUT2D eigenvalue weighted by atomic mass is 32.2. The number of rotatable bonds is 5. The molecule has 2 aromatic rings. The van der Waals surface area contributed by atoms with Gasteiger partial charge in [0.05, 0.1) is 13.3 Å². The number of methoxy groups -OCH3 is 1. The van der Waals surface area contributed by atoms with Crippen molar-refractivity contribution in [3.8, 4) is 11.8 Å². The van der Waals surface area contributed by atoms with E-state index in [-0.39, 0.29) is 0 Å². The highest BCUT2D eigenvalue weighted by Gasteiger charge is 2.11. The molecule has 1 aromatic carbocycles. The molecule has 0 unspecified atom stereocenters. The Morgan fingerprint density at radius 2 is 2.40 bits per heavy atom. The van der Waals surface area contributed by atoms with Gasteiger partial charge < -0.3 is 4.74 Å². The van der Waals surface area contributed by atoms with Gasteiger partial charge in [-0.25, -0.2) is 0 Å². The summed E-state index contributed by atoms with van der Waals surface area (Å²) < 4.78 is 9.32. The van der Waals surface area contributed by atoms with Crippen molar-refractivity contribution < 1.29 is 4.74 Å². The standard InChI is InChI=1S/C13H12N4OS2/c1-18-10-5-3-4-9(6-10)8-15-16-12-11(7-14)13(19-2)17-20-12/h3-6,8,16H,1-2H3/b15-8+. The zero-order valence-corrected chi connectivity index (χ0v) is 12.6. The van der Waals surface area contributed by atoms with E-state index in [0.29, 0.717) is 10.6 Å². The first-order chi connectivity index (χ1) is 9.78. The van der Waals surface area contributed by atoms with Crippen molar-refractivity contribution in [3.05, 3.63) is 35.4 Å². The normalized spacial score (nSPS) is 10.4. The van der Waals surface area contributed by atoms with Crippen LogP contribution in [0.4, 0.5) is 5.00 Å². The molecule has 0 fully saturated rings. The van der Waals surface area contributed by atoms with Crippen molar-refractivity contribution in [2.75, 3.05) is 18.8 Å². The molecule has 0 aliphatic rings. The fraction of sp³-hybridized carbons (Fsp3) is 0.154. The molecule has 20 heavy (non-hydrogen) atoms. The molecule has 0 radical (unpaired) electrons. The number of aromatic nitrogens is 1. The fourth-order valence-corrected chi connectivity index (χ4v) is 2.90. The van der Waals surface area contributed by atoms with E-state index in [1.54, 1.807) is 13.3 Å². The third kappa shape index (κ3) is 3.29. The van der Waals surface area contributed by atoms with Gasteiger partial charge in [-0.1, -0.05) is 12.1 Å². The molecule has 0 bridgehead atoms. The van der Waals surface area contributed by atoms with Crippen molar-refractivity contribution in [2.24, 2.45) is 5.10 Å². The fourth-order valence-electron chi connectivity index (χ4n) is 1.48. The minimum absolute atomic E-state index is 0.533. The summed E-state index contributed by atoms with van der Waals surface area (Å²) in [5.41, 5.74) is 4.29. The van der Waals surface area contributed by atoms with Crippen molar-refractivity contribution >= 4 is 34.5 Å². The molecule has 0 spiro atoms. The summed E-state index contributed by atoms with van der Waals surface area (Å²) in [5.74, 6) is 0.772. The van der Waals surface area contributed by atoms with Crippen LogP contribution in [0.3, 0.4) is 0 Å². The predicted octanol–water partition coefficient (Wildman–Crippen LogP) is 3.19. The van der Waals surface area contributed by atoms with Crippen LogP contribution < -0.4 is 10.2 Å². The predicted molar refractivity (Wildman–Crippen MR) is 82.8 cm³/mol. The molecule has 0 aliphatic carbocycles. The summed E-state index contributed by atoms with van der Waals surface area (Å²) in [5, 5.41) is 14.6. The average molecular weight is 304 g/mol. The topological polar surface area (TPSA) is 70.3 Å². The molecule has 0 atom stereocenters. The van der Waals surface area contributed by atoms with Gasteiger partial charge in [-0.3, -0.25) is 5.43 Å². The van der Waals surface area contributed by atoms with Gasteiger partial charge in [-0.05, 0) is 35.5 Å². The molecule has 5 nitrogen and oxygen atoms in total. The lowest BCUT2D eigenvalue weighted by molar-refractivity contribution is 0.415. The molecule has 1 aromatic heterocycles. The second-order valence-electron chi connectivity index (χ2n) is 3.65. The van der Waals surface area contributed by atoms with Crippen LogP contribution in [0.5, 0.6) is 5.75 Å². The van der Waals surface area contributed by atoms with Crippen molar-refractivity contribution in [2.45, 2.75) is 5.03 Å². The molecule has 1 N–H and O–H groups in total. The molecule has 0 saturated carbocycles. The van der Waals surface area contributed by atoms with Crippen LogP contribution >= 0.6 is 23.3 Å². The van der Waals surface area contributed by atoms with Crippen LogP contribution in [0.2, 0.25) is 0 Å². The van der Waals surface area contributed by atoms with Gasteiger partial charge in [-0.15, -0.1) is 11.8 Å². The zero-order chi connectivity index (χ0) is 14.4. The van der Waals surface area contributed by atoms with Gasteiger partial charge in [0, 0.05) is 0 Å². The van der Waals surface area contributed by atoms with E-state index in [9.17, 15) is 0 Å². The zero-order valence-electron chi connectivity index (χ0n) is 11.0. The number of nitrogens with zero attached hydrogens (tertiary/aromatic N) is 3. The molecular formula is C13H12N4OS2. The highest BCUT2D eigenvalue weighted by Crippen LogP contribution is 2.29. The van der Waals surface area contributed by atoms with E-state index in [1.807, 2.05) is 30.5 Å². The smallest absolute Gasteiger partial charge is 0.148 e. The lowest BCUT2D eigenvalue weighted by Crippen LogP contribution is -1.91. The Kier molecular flexibility index (Phi) is 4.98. The monoisotopic (exact) mass is 304 g/mol. The van der Waals surface area contributed by atoms with Crippen LogP contribution in [0.25, 0.3) is 0 Å². The first-order valence-corrected chi connectivity index (χ1v) is 7.65. The largest absolute Gasteiger partial charge is 0.497 e. The van der Waals surface area contributed by atoms with E-state index in [0.717, 1.165) is 16.3 Å². The first-order valence-electron chi connectivity index (χ1n) is 5.65. The third-order valence-corrected chi connectivity index (χ3v) is 3.99. The quantitative estimate of drug-likeness (QED) is 0.522. The molecule has 7 heteroatoms. The lowest BCUT2D eigenvalue weighted by atomic mass is 10.2. The van der Waals surface area contributed by atoms with Crippen LogP contribution in [0.1, 0.15) is 11.1 Å². The maximum absolute atomic E-state index is 9.10. The summed E-state index contributed by atoms with van der Waals surface area (Å²) in [7, 11) is 1.62. The summed E-state index contributed by atoms with van der Waals surface area (Å²) in [6.45, 7) is 0. The van der Waals surface area contributed by atoms with Crippen LogP contribution in [-0.2, 0) is 0 Å². The van der Waals surface area contributed by atoms with Crippen LogP contribution in [0.15, 0.2) is 34.4 Å². The molecule has 0 saturated heterocycles. The maximum atomic E-state index is 9.10. The number of hydrogen-bond acceptors (Lipinski definition) is 7. The number of hydrogen-bond donors (Lipinski definition) is 1. The molecule has 0 amide bonds. The summed E-state index contributed by atoms with van der Waals surface area (Å²) >= 11 is 2.67. The molecule has 1 heterocycles. The first kappa shape index (κ1) is 14.4.